The molecule has 21 heavy (non-hydrogen) atoms. The van der Waals surface area contributed by atoms with Crippen molar-refractivity contribution in [2.45, 2.75) is 25.7 Å². The predicted octanol–water partition coefficient (Wildman–Crippen LogP) is 3.03. The number of alkyl carbamates (subject to hydrolysis) is 1. The largest absolute Gasteiger partial charge is 0.443 e. The monoisotopic (exact) mass is 285 g/mol. The van der Waals surface area contributed by atoms with Crippen LogP contribution in [0, 0.1) is 0 Å². The van der Waals surface area contributed by atoms with Gasteiger partial charge >= 0.3 is 6.09 Å². The van der Waals surface area contributed by atoms with Crippen molar-refractivity contribution in [3.05, 3.63) is 71.8 Å². The van der Waals surface area contributed by atoms with Crippen LogP contribution in [0.3, 0.4) is 0 Å². The first-order chi connectivity index (χ1) is 10.2. The molecule has 0 fully saturated rings. The summed E-state index contributed by atoms with van der Waals surface area (Å²) in [6.45, 7) is 2.06. The highest BCUT2D eigenvalue weighted by Crippen LogP contribution is 2.18. The molecule has 0 aliphatic rings. The van der Waals surface area contributed by atoms with Gasteiger partial charge in [0, 0.05) is 6.54 Å². The predicted molar refractivity (Wildman–Crippen MR) is 80.6 cm³/mol. The zero-order valence-corrected chi connectivity index (χ0v) is 11.9. The van der Waals surface area contributed by atoms with E-state index in [-0.39, 0.29) is 0 Å². The Hall–Kier alpha value is -2.33. The number of amides is 1. The number of carbonyl (C=O) groups is 1. The molecule has 2 atom stereocenters. The van der Waals surface area contributed by atoms with Crippen LogP contribution in [0.2, 0.25) is 0 Å². The molecule has 0 aliphatic heterocycles. The van der Waals surface area contributed by atoms with Crippen LogP contribution < -0.4 is 5.32 Å². The fourth-order valence-corrected chi connectivity index (χ4v) is 1.97. The van der Waals surface area contributed by atoms with E-state index in [9.17, 15) is 9.90 Å². The van der Waals surface area contributed by atoms with Crippen LogP contribution in [-0.4, -0.2) is 17.3 Å². The van der Waals surface area contributed by atoms with Crippen molar-refractivity contribution in [1.82, 2.24) is 5.32 Å². The summed E-state index contributed by atoms with van der Waals surface area (Å²) in [5, 5.41) is 12.8. The molecule has 4 nitrogen and oxygen atoms in total. The van der Waals surface area contributed by atoms with Gasteiger partial charge in [0.1, 0.15) is 12.2 Å². The molecule has 0 saturated carbocycles. The van der Waals surface area contributed by atoms with Gasteiger partial charge in [0.2, 0.25) is 0 Å². The number of hydrogen-bond acceptors (Lipinski definition) is 3. The Morgan fingerprint density at radius 2 is 1.67 bits per heavy atom. The van der Waals surface area contributed by atoms with Crippen LogP contribution in [0.4, 0.5) is 4.79 Å². The van der Waals surface area contributed by atoms with E-state index in [1.54, 1.807) is 19.1 Å². The normalized spacial score (nSPS) is 13.2. The maximum atomic E-state index is 11.7. The lowest BCUT2D eigenvalue weighted by atomic mass is 10.1. The minimum absolute atomic E-state index is 0.397. The average molecular weight is 285 g/mol. The third-order valence-corrected chi connectivity index (χ3v) is 3.16. The number of aliphatic hydroxyl groups is 1. The molecule has 0 aliphatic carbocycles. The van der Waals surface area contributed by atoms with Gasteiger partial charge in [0.15, 0.2) is 0 Å². The Balaban J connectivity index is 1.82. The van der Waals surface area contributed by atoms with Crippen molar-refractivity contribution in [2.75, 3.05) is 0 Å². The molecule has 1 amide bonds. The molecule has 0 aromatic heterocycles. The van der Waals surface area contributed by atoms with Crippen LogP contribution in [0.5, 0.6) is 0 Å². The van der Waals surface area contributed by atoms with Gasteiger partial charge in [0.05, 0.1) is 0 Å². The second-order valence-electron chi connectivity index (χ2n) is 4.81. The molecular formula is C17H19NO3. The first-order valence-corrected chi connectivity index (χ1v) is 6.88. The molecular weight excluding hydrogens is 266 g/mol. The lowest BCUT2D eigenvalue weighted by Gasteiger charge is -2.20. The van der Waals surface area contributed by atoms with Crippen molar-refractivity contribution in [2.24, 2.45) is 0 Å². The topological polar surface area (TPSA) is 58.6 Å². The van der Waals surface area contributed by atoms with Crippen LogP contribution >= 0.6 is 0 Å². The summed E-state index contributed by atoms with van der Waals surface area (Å²) in [6, 6.07) is 18.7. The second kappa shape index (κ2) is 7.45. The standard InChI is InChI=1S/C17H19NO3/c1-13(16(19)15-10-6-3-7-11-15)21-17(20)18-12-14-8-4-2-5-9-14/h2-11,13,16,19H,12H2,1H3,(H,18,20)/t13-,16+/m0/s1. The molecule has 2 aromatic rings. The van der Waals surface area contributed by atoms with Gasteiger partial charge in [0.25, 0.3) is 0 Å². The summed E-state index contributed by atoms with van der Waals surface area (Å²) in [5.74, 6) is 0. The van der Waals surface area contributed by atoms with Crippen LogP contribution in [0.25, 0.3) is 0 Å². The maximum absolute atomic E-state index is 11.7. The van der Waals surface area contributed by atoms with Gasteiger partial charge in [-0.1, -0.05) is 60.7 Å². The Kier molecular flexibility index (Phi) is 5.35. The third kappa shape index (κ3) is 4.61. The Labute approximate surface area is 124 Å². The molecule has 110 valence electrons. The van der Waals surface area contributed by atoms with Gasteiger partial charge in [-0.2, -0.15) is 0 Å². The van der Waals surface area contributed by atoms with E-state index in [1.165, 1.54) is 0 Å². The molecule has 2 aromatic carbocycles. The van der Waals surface area contributed by atoms with Gasteiger partial charge < -0.3 is 15.2 Å². The summed E-state index contributed by atoms with van der Waals surface area (Å²) in [7, 11) is 0. The van der Waals surface area contributed by atoms with Crippen LogP contribution in [-0.2, 0) is 11.3 Å². The third-order valence-electron chi connectivity index (χ3n) is 3.16. The zero-order valence-electron chi connectivity index (χ0n) is 11.9. The van der Waals surface area contributed by atoms with Crippen molar-refractivity contribution in [3.8, 4) is 0 Å². The number of rotatable bonds is 5. The van der Waals surface area contributed by atoms with Crippen molar-refractivity contribution in [1.29, 1.82) is 0 Å². The Morgan fingerprint density at radius 1 is 1.10 bits per heavy atom. The zero-order chi connectivity index (χ0) is 15.1. The van der Waals surface area contributed by atoms with E-state index in [2.05, 4.69) is 5.32 Å². The summed E-state index contributed by atoms with van der Waals surface area (Å²) in [5.41, 5.74) is 1.71. The Bertz CT molecular complexity index is 557. The maximum Gasteiger partial charge on any atom is 0.407 e. The highest BCUT2D eigenvalue weighted by molar-refractivity contribution is 5.67. The molecule has 0 bridgehead atoms. The Morgan fingerprint density at radius 3 is 2.29 bits per heavy atom. The number of benzene rings is 2. The van der Waals surface area contributed by atoms with Gasteiger partial charge in [-0.3, -0.25) is 0 Å². The van der Waals surface area contributed by atoms with Crippen LogP contribution in [0.15, 0.2) is 60.7 Å². The molecule has 2 N–H and O–H groups in total. The van der Waals surface area contributed by atoms with E-state index in [1.807, 2.05) is 48.5 Å². The summed E-state index contributed by atoms with van der Waals surface area (Å²) < 4.78 is 5.19. The van der Waals surface area contributed by atoms with Gasteiger partial charge in [-0.15, -0.1) is 0 Å². The lowest BCUT2D eigenvalue weighted by Crippen LogP contribution is -2.30. The molecule has 0 heterocycles. The molecule has 0 unspecified atom stereocenters. The van der Waals surface area contributed by atoms with E-state index in [4.69, 9.17) is 4.74 Å². The SMILES string of the molecule is C[C@H](OC(=O)NCc1ccccc1)[C@@H](O)c1ccccc1. The van der Waals surface area contributed by atoms with Gasteiger partial charge in [-0.05, 0) is 18.1 Å². The van der Waals surface area contributed by atoms with E-state index >= 15 is 0 Å². The van der Waals surface area contributed by atoms with Crippen LogP contribution in [0.1, 0.15) is 24.2 Å². The lowest BCUT2D eigenvalue weighted by molar-refractivity contribution is 0.0117. The van der Waals surface area contributed by atoms with E-state index in [0.29, 0.717) is 6.54 Å². The number of aliphatic hydroxyl groups excluding tert-OH is 1. The quantitative estimate of drug-likeness (QED) is 0.887. The van der Waals surface area contributed by atoms with Crippen molar-refractivity contribution < 1.29 is 14.6 Å². The first-order valence-electron chi connectivity index (χ1n) is 6.88. The van der Waals surface area contributed by atoms with E-state index < -0.39 is 18.3 Å². The first kappa shape index (κ1) is 15.1. The number of carbonyl (C=O) groups excluding carboxylic acids is 1. The number of ether oxygens (including phenoxy) is 1. The second-order valence-corrected chi connectivity index (χ2v) is 4.81. The molecule has 4 heteroatoms. The van der Waals surface area contributed by atoms with E-state index in [0.717, 1.165) is 11.1 Å². The highest BCUT2D eigenvalue weighted by atomic mass is 16.6. The minimum Gasteiger partial charge on any atom is -0.443 e. The minimum atomic E-state index is -0.839. The van der Waals surface area contributed by atoms with Gasteiger partial charge in [-0.25, -0.2) is 4.79 Å². The average Bonchev–Trinajstić information content (AvgIpc) is 2.54. The molecule has 2 rings (SSSR count). The molecule has 0 saturated heterocycles. The highest BCUT2D eigenvalue weighted by Gasteiger charge is 2.19. The molecule has 0 spiro atoms. The smallest absolute Gasteiger partial charge is 0.407 e. The number of hydrogen-bond donors (Lipinski definition) is 2. The summed E-state index contributed by atoms with van der Waals surface area (Å²) in [4.78, 5) is 11.7. The molecule has 0 radical (unpaired) electrons. The summed E-state index contributed by atoms with van der Waals surface area (Å²) >= 11 is 0. The number of nitrogens with one attached hydrogen (secondary N) is 1. The fourth-order valence-electron chi connectivity index (χ4n) is 1.97. The fraction of sp³-hybridized carbons (Fsp3) is 0.235. The van der Waals surface area contributed by atoms with Crippen molar-refractivity contribution >= 4 is 6.09 Å². The summed E-state index contributed by atoms with van der Waals surface area (Å²) in [6.07, 6.45) is -2.00. The van der Waals surface area contributed by atoms with Crippen molar-refractivity contribution in [3.63, 3.8) is 0 Å².